The summed E-state index contributed by atoms with van der Waals surface area (Å²) in [5, 5.41) is 16.4. The summed E-state index contributed by atoms with van der Waals surface area (Å²) < 4.78 is 2.96. The number of carbonyl (C=O) groups excluding carboxylic acids is 1. The molecule has 1 aliphatic rings. The fraction of sp³-hybridized carbons (Fsp3) is 0.381. The van der Waals surface area contributed by atoms with Gasteiger partial charge in [0.2, 0.25) is 5.91 Å². The second-order valence-electron chi connectivity index (χ2n) is 7.12. The van der Waals surface area contributed by atoms with E-state index in [4.69, 9.17) is 10.2 Å². The van der Waals surface area contributed by atoms with Gasteiger partial charge in [-0.2, -0.15) is 5.10 Å². The van der Waals surface area contributed by atoms with Crippen LogP contribution in [0.25, 0.3) is 5.69 Å². The molecule has 0 bridgehead atoms. The van der Waals surface area contributed by atoms with Crippen LogP contribution in [0.15, 0.2) is 40.9 Å². The first-order chi connectivity index (χ1) is 13.3. The minimum Gasteiger partial charge on any atom is -0.481 e. The average Bonchev–Trinajstić information content (AvgIpc) is 3.18. The van der Waals surface area contributed by atoms with Crippen LogP contribution in [0.5, 0.6) is 0 Å². The van der Waals surface area contributed by atoms with Crippen LogP contribution in [0.2, 0.25) is 0 Å². The Morgan fingerprint density at radius 3 is 2.79 bits per heavy atom. The molecule has 1 aliphatic carbocycles. The molecule has 0 unspecified atom stereocenters. The molecule has 0 radical (unpaired) electrons. The zero-order valence-electron chi connectivity index (χ0n) is 16.0. The molecule has 1 amide bonds. The largest absolute Gasteiger partial charge is 0.481 e. The minimum absolute atomic E-state index is 0.0176. The Hall–Kier alpha value is -2.41. The SMILES string of the molecule is Cc1nn(-c2cccc(Br)c2)c(C)c1[C@@H]1C=C[C@@H](NC(=O)CCCC(=O)O)C1. The van der Waals surface area contributed by atoms with Crippen molar-refractivity contribution in [1.29, 1.82) is 0 Å². The number of aliphatic carboxylic acids is 1. The summed E-state index contributed by atoms with van der Waals surface area (Å²) in [5.74, 6) is -0.776. The van der Waals surface area contributed by atoms with E-state index in [1.807, 2.05) is 41.9 Å². The molecule has 1 aromatic heterocycles. The monoisotopic (exact) mass is 445 g/mol. The maximum atomic E-state index is 12.0. The van der Waals surface area contributed by atoms with Gasteiger partial charge in [-0.25, -0.2) is 4.68 Å². The molecule has 3 rings (SSSR count). The number of rotatable bonds is 7. The standard InChI is InChI=1S/C21H24BrN3O3/c1-13-21(14(2)25(24-13)18-6-3-5-16(22)12-18)15-9-10-17(11-15)23-19(26)7-4-8-20(27)28/h3,5-6,9-10,12,15,17H,4,7-8,11H2,1-2H3,(H,23,26)(H,27,28)/t15-,17-/m1/s1. The first-order valence-electron chi connectivity index (χ1n) is 9.36. The number of benzene rings is 1. The molecular formula is C21H24BrN3O3. The quantitative estimate of drug-likeness (QED) is 0.629. The second kappa shape index (κ2) is 8.73. The van der Waals surface area contributed by atoms with Crippen LogP contribution in [-0.2, 0) is 9.59 Å². The van der Waals surface area contributed by atoms with Crippen LogP contribution in [0.4, 0.5) is 0 Å². The summed E-state index contributed by atoms with van der Waals surface area (Å²) in [5.41, 5.74) is 4.28. The predicted octanol–water partition coefficient (Wildman–Crippen LogP) is 4.03. The van der Waals surface area contributed by atoms with Crippen LogP contribution < -0.4 is 5.32 Å². The van der Waals surface area contributed by atoms with E-state index in [0.29, 0.717) is 6.42 Å². The van der Waals surface area contributed by atoms with Gasteiger partial charge in [-0.05, 0) is 44.9 Å². The molecule has 0 spiro atoms. The van der Waals surface area contributed by atoms with Crippen LogP contribution in [-0.4, -0.2) is 32.8 Å². The van der Waals surface area contributed by atoms with Gasteiger partial charge in [-0.15, -0.1) is 0 Å². The highest BCUT2D eigenvalue weighted by Gasteiger charge is 2.27. The number of nitrogens with zero attached hydrogens (tertiary/aromatic N) is 2. The third kappa shape index (κ3) is 4.70. The van der Waals surface area contributed by atoms with Crippen LogP contribution >= 0.6 is 15.9 Å². The normalized spacial score (nSPS) is 18.4. The fourth-order valence-electron chi connectivity index (χ4n) is 3.75. The Morgan fingerprint density at radius 2 is 2.07 bits per heavy atom. The van der Waals surface area contributed by atoms with Gasteiger partial charge in [0.15, 0.2) is 0 Å². The van der Waals surface area contributed by atoms with Crippen molar-refractivity contribution in [3.8, 4) is 5.69 Å². The lowest BCUT2D eigenvalue weighted by Crippen LogP contribution is -2.32. The van der Waals surface area contributed by atoms with Gasteiger partial charge in [0.05, 0.1) is 11.4 Å². The molecule has 2 N–H and O–H groups in total. The minimum atomic E-state index is -0.873. The summed E-state index contributed by atoms with van der Waals surface area (Å²) in [6, 6.07) is 8.00. The molecule has 0 aliphatic heterocycles. The smallest absolute Gasteiger partial charge is 0.303 e. The van der Waals surface area contributed by atoms with Crippen LogP contribution in [0.3, 0.4) is 0 Å². The number of carbonyl (C=O) groups is 2. The third-order valence-electron chi connectivity index (χ3n) is 5.00. The highest BCUT2D eigenvalue weighted by atomic mass is 79.9. The molecule has 0 fully saturated rings. The molecule has 7 heteroatoms. The molecule has 1 aromatic carbocycles. The van der Waals surface area contributed by atoms with Crippen molar-refractivity contribution < 1.29 is 14.7 Å². The molecule has 148 valence electrons. The van der Waals surface area contributed by atoms with Crippen molar-refractivity contribution in [2.45, 2.75) is 51.5 Å². The second-order valence-corrected chi connectivity index (χ2v) is 8.04. The van der Waals surface area contributed by atoms with Crippen molar-refractivity contribution in [3.63, 3.8) is 0 Å². The highest BCUT2D eigenvalue weighted by Crippen LogP contribution is 2.34. The van der Waals surface area contributed by atoms with Gasteiger partial charge in [-0.1, -0.05) is 34.1 Å². The van der Waals surface area contributed by atoms with Crippen LogP contribution in [0, 0.1) is 13.8 Å². The van der Waals surface area contributed by atoms with Crippen molar-refractivity contribution in [2.75, 3.05) is 0 Å². The third-order valence-corrected chi connectivity index (χ3v) is 5.49. The summed E-state index contributed by atoms with van der Waals surface area (Å²) in [6.07, 6.45) is 5.55. The van der Waals surface area contributed by atoms with E-state index in [2.05, 4.69) is 34.2 Å². The number of halogens is 1. The molecule has 2 atom stereocenters. The van der Waals surface area contributed by atoms with Crippen LogP contribution in [0.1, 0.15) is 48.6 Å². The Balaban J connectivity index is 1.67. The topological polar surface area (TPSA) is 84.2 Å². The molecule has 28 heavy (non-hydrogen) atoms. The number of allylic oxidation sites excluding steroid dienone is 1. The number of carboxylic acids is 1. The Bertz CT molecular complexity index is 920. The summed E-state index contributed by atoms with van der Waals surface area (Å²) in [4.78, 5) is 22.6. The van der Waals surface area contributed by atoms with Gasteiger partial charge in [0.25, 0.3) is 0 Å². The molecule has 0 saturated carbocycles. The van der Waals surface area contributed by atoms with Crippen molar-refractivity contribution in [1.82, 2.24) is 15.1 Å². The summed E-state index contributed by atoms with van der Waals surface area (Å²) in [7, 11) is 0. The first-order valence-corrected chi connectivity index (χ1v) is 10.2. The van der Waals surface area contributed by atoms with Crippen molar-refractivity contribution in [2.24, 2.45) is 0 Å². The highest BCUT2D eigenvalue weighted by molar-refractivity contribution is 9.10. The zero-order chi connectivity index (χ0) is 20.3. The molecule has 0 saturated heterocycles. The first kappa shape index (κ1) is 20.3. The van der Waals surface area contributed by atoms with E-state index in [9.17, 15) is 9.59 Å². The van der Waals surface area contributed by atoms with Gasteiger partial charge < -0.3 is 10.4 Å². The number of carboxylic acid groups (broad SMARTS) is 1. The number of nitrogens with one attached hydrogen (secondary N) is 1. The summed E-state index contributed by atoms with van der Waals surface area (Å²) in [6.45, 7) is 4.09. The van der Waals surface area contributed by atoms with Crippen molar-refractivity contribution >= 4 is 27.8 Å². The summed E-state index contributed by atoms with van der Waals surface area (Å²) >= 11 is 3.51. The van der Waals surface area contributed by atoms with Gasteiger partial charge >= 0.3 is 5.97 Å². The Labute approximate surface area is 172 Å². The number of aromatic nitrogens is 2. The lowest BCUT2D eigenvalue weighted by molar-refractivity contribution is -0.137. The maximum Gasteiger partial charge on any atom is 0.303 e. The number of hydrogen-bond acceptors (Lipinski definition) is 3. The maximum absolute atomic E-state index is 12.0. The Kier molecular flexibility index (Phi) is 6.34. The van der Waals surface area contributed by atoms with Crippen molar-refractivity contribution in [3.05, 3.63) is 57.8 Å². The zero-order valence-corrected chi connectivity index (χ0v) is 17.6. The molecule has 2 aromatic rings. The predicted molar refractivity (Wildman–Crippen MR) is 111 cm³/mol. The van der Waals surface area contributed by atoms with E-state index < -0.39 is 5.97 Å². The number of hydrogen-bond donors (Lipinski definition) is 2. The molecule has 6 nitrogen and oxygen atoms in total. The number of amides is 1. The number of aryl methyl sites for hydroxylation is 1. The lowest BCUT2D eigenvalue weighted by Gasteiger charge is -2.15. The molecular weight excluding hydrogens is 422 g/mol. The molecule has 1 heterocycles. The van der Waals surface area contributed by atoms with Gasteiger partial charge in [0, 0.05) is 40.5 Å². The fourth-order valence-corrected chi connectivity index (χ4v) is 4.14. The van der Waals surface area contributed by atoms with E-state index in [0.717, 1.165) is 28.0 Å². The van der Waals surface area contributed by atoms with E-state index in [1.165, 1.54) is 5.56 Å². The van der Waals surface area contributed by atoms with E-state index in [1.54, 1.807) is 0 Å². The van der Waals surface area contributed by atoms with E-state index in [-0.39, 0.29) is 30.7 Å². The van der Waals surface area contributed by atoms with Gasteiger partial charge in [0.1, 0.15) is 0 Å². The average molecular weight is 446 g/mol. The van der Waals surface area contributed by atoms with Gasteiger partial charge in [-0.3, -0.25) is 9.59 Å². The van der Waals surface area contributed by atoms with E-state index >= 15 is 0 Å². The lowest BCUT2D eigenvalue weighted by atomic mass is 9.96. The Morgan fingerprint density at radius 1 is 1.29 bits per heavy atom.